The molecule has 1 aromatic rings. The molecule has 3 N–H and O–H groups in total. The summed E-state index contributed by atoms with van der Waals surface area (Å²) in [4.78, 5) is 8.55. The molecule has 0 spiro atoms. The predicted molar refractivity (Wildman–Crippen MR) is 64.9 cm³/mol. The van der Waals surface area contributed by atoms with E-state index in [0.29, 0.717) is 0 Å². The summed E-state index contributed by atoms with van der Waals surface area (Å²) < 4.78 is 0. The Morgan fingerprint density at radius 3 is 2.65 bits per heavy atom. The molecule has 1 heterocycles. The quantitative estimate of drug-likeness (QED) is 0.665. The maximum absolute atomic E-state index is 9.08. The highest BCUT2D eigenvalue weighted by atomic mass is 16.3. The molecular formula is C12H19N3O2. The number of nitrogens with zero attached hydrogens (tertiary/aromatic N) is 2. The fourth-order valence-electron chi connectivity index (χ4n) is 2.16. The first kappa shape index (κ1) is 12.3. The van der Waals surface area contributed by atoms with E-state index in [1.165, 1.54) is 12.8 Å². The molecule has 0 radical (unpaired) electrons. The molecule has 2 rings (SSSR count). The van der Waals surface area contributed by atoms with E-state index in [0.717, 1.165) is 36.3 Å². The first-order valence-corrected chi connectivity index (χ1v) is 6.16. The zero-order valence-corrected chi connectivity index (χ0v) is 9.89. The largest absolute Gasteiger partial charge is 0.394 e. The van der Waals surface area contributed by atoms with Crippen molar-refractivity contribution in [1.29, 1.82) is 0 Å². The fraction of sp³-hybridized carbons (Fsp3) is 0.667. The van der Waals surface area contributed by atoms with Crippen molar-refractivity contribution in [3.05, 3.63) is 17.6 Å². The molecule has 94 valence electrons. The van der Waals surface area contributed by atoms with Crippen LogP contribution in [0.4, 0.5) is 5.82 Å². The molecule has 0 aromatic carbocycles. The van der Waals surface area contributed by atoms with Crippen molar-refractivity contribution in [2.45, 2.75) is 38.1 Å². The summed E-state index contributed by atoms with van der Waals surface area (Å²) in [6, 6.07) is -0.350. The van der Waals surface area contributed by atoms with Crippen molar-refractivity contribution in [3.63, 3.8) is 0 Å². The fourth-order valence-corrected chi connectivity index (χ4v) is 2.16. The Hall–Kier alpha value is -1.20. The van der Waals surface area contributed by atoms with Crippen molar-refractivity contribution < 1.29 is 10.2 Å². The Morgan fingerprint density at radius 1 is 1.12 bits per heavy atom. The smallest absolute Gasteiger partial charge is 0.133 e. The van der Waals surface area contributed by atoms with E-state index in [1.807, 2.05) is 0 Å². The van der Waals surface area contributed by atoms with Gasteiger partial charge >= 0.3 is 0 Å². The van der Waals surface area contributed by atoms with Gasteiger partial charge in [-0.3, -0.25) is 0 Å². The maximum Gasteiger partial charge on any atom is 0.133 e. The van der Waals surface area contributed by atoms with Crippen molar-refractivity contribution in [2.75, 3.05) is 18.5 Å². The minimum absolute atomic E-state index is 0.102. The third-order valence-electron chi connectivity index (χ3n) is 3.16. The number of rotatable bonds is 4. The first-order chi connectivity index (χ1) is 8.35. The third kappa shape index (κ3) is 2.92. The Labute approximate surface area is 101 Å². The van der Waals surface area contributed by atoms with Crippen LogP contribution in [0.15, 0.2) is 6.33 Å². The molecule has 0 saturated heterocycles. The van der Waals surface area contributed by atoms with Crippen LogP contribution in [-0.4, -0.2) is 39.4 Å². The van der Waals surface area contributed by atoms with Crippen LogP contribution in [0.3, 0.4) is 0 Å². The van der Waals surface area contributed by atoms with Crippen molar-refractivity contribution >= 4 is 5.82 Å². The number of hydrogen-bond acceptors (Lipinski definition) is 5. The molecule has 17 heavy (non-hydrogen) atoms. The lowest BCUT2D eigenvalue weighted by atomic mass is 10.1. The lowest BCUT2D eigenvalue weighted by Gasteiger charge is -2.17. The number of nitrogens with one attached hydrogen (secondary N) is 1. The van der Waals surface area contributed by atoms with Gasteiger partial charge in [0.15, 0.2) is 0 Å². The van der Waals surface area contributed by atoms with E-state index in [2.05, 4.69) is 15.3 Å². The highest BCUT2D eigenvalue weighted by molar-refractivity contribution is 5.47. The monoisotopic (exact) mass is 237 g/mol. The van der Waals surface area contributed by atoms with Crippen molar-refractivity contribution in [2.24, 2.45) is 0 Å². The van der Waals surface area contributed by atoms with Crippen LogP contribution < -0.4 is 5.32 Å². The second-order valence-corrected chi connectivity index (χ2v) is 4.41. The van der Waals surface area contributed by atoms with E-state index < -0.39 is 0 Å². The molecule has 0 saturated carbocycles. The molecule has 0 unspecified atom stereocenters. The molecule has 5 nitrogen and oxygen atoms in total. The number of aliphatic hydroxyl groups excluding tert-OH is 2. The van der Waals surface area contributed by atoms with E-state index in [-0.39, 0.29) is 19.3 Å². The minimum atomic E-state index is -0.350. The van der Waals surface area contributed by atoms with Crippen molar-refractivity contribution in [3.8, 4) is 0 Å². The zero-order valence-electron chi connectivity index (χ0n) is 9.89. The van der Waals surface area contributed by atoms with Gasteiger partial charge in [-0.1, -0.05) is 6.42 Å². The van der Waals surface area contributed by atoms with Gasteiger partial charge in [0.05, 0.1) is 19.3 Å². The van der Waals surface area contributed by atoms with E-state index >= 15 is 0 Å². The van der Waals surface area contributed by atoms with Crippen LogP contribution >= 0.6 is 0 Å². The molecule has 5 heteroatoms. The van der Waals surface area contributed by atoms with Gasteiger partial charge in [0.2, 0.25) is 0 Å². The summed E-state index contributed by atoms with van der Waals surface area (Å²) in [6.45, 7) is -0.204. The van der Waals surface area contributed by atoms with Gasteiger partial charge < -0.3 is 15.5 Å². The molecule has 0 fully saturated rings. The van der Waals surface area contributed by atoms with Crippen LogP contribution in [0.5, 0.6) is 0 Å². The van der Waals surface area contributed by atoms with Crippen LogP contribution in [-0.2, 0) is 12.8 Å². The Bertz CT molecular complexity index is 367. The summed E-state index contributed by atoms with van der Waals surface area (Å²) in [6.07, 6.45) is 7.07. The molecule has 1 aliphatic rings. The third-order valence-corrected chi connectivity index (χ3v) is 3.16. The van der Waals surface area contributed by atoms with Gasteiger partial charge in [0.25, 0.3) is 0 Å². The second kappa shape index (κ2) is 5.93. The standard InChI is InChI=1S/C12H19N3O2/c16-6-9(7-17)15-12-10-4-2-1-3-5-11(10)13-8-14-12/h8-9,16-17H,1-7H2,(H,13,14,15). The molecule has 0 aliphatic heterocycles. The summed E-state index contributed by atoms with van der Waals surface area (Å²) in [7, 11) is 0. The Balaban J connectivity index is 2.21. The first-order valence-electron chi connectivity index (χ1n) is 6.16. The maximum atomic E-state index is 9.08. The topological polar surface area (TPSA) is 78.3 Å². The average Bonchev–Trinajstić information content (AvgIpc) is 2.61. The highest BCUT2D eigenvalue weighted by Crippen LogP contribution is 2.24. The number of aromatic nitrogens is 2. The zero-order chi connectivity index (χ0) is 12.1. The molecule has 0 amide bonds. The average molecular weight is 237 g/mol. The van der Waals surface area contributed by atoms with E-state index in [9.17, 15) is 0 Å². The van der Waals surface area contributed by atoms with Crippen LogP contribution in [0.2, 0.25) is 0 Å². The lowest BCUT2D eigenvalue weighted by molar-refractivity contribution is 0.203. The molecule has 0 bridgehead atoms. The number of anilines is 1. The lowest BCUT2D eigenvalue weighted by Crippen LogP contribution is -2.29. The highest BCUT2D eigenvalue weighted by Gasteiger charge is 2.16. The summed E-state index contributed by atoms with van der Waals surface area (Å²) in [5, 5.41) is 21.2. The number of aliphatic hydroxyl groups is 2. The Morgan fingerprint density at radius 2 is 1.88 bits per heavy atom. The van der Waals surface area contributed by atoms with E-state index in [4.69, 9.17) is 10.2 Å². The van der Waals surface area contributed by atoms with Gasteiger partial charge in [0.1, 0.15) is 12.1 Å². The normalized spacial score (nSPS) is 15.5. The molecular weight excluding hydrogens is 218 g/mol. The summed E-state index contributed by atoms with van der Waals surface area (Å²) in [5.41, 5.74) is 2.26. The van der Waals surface area contributed by atoms with Gasteiger partial charge in [-0.2, -0.15) is 0 Å². The van der Waals surface area contributed by atoms with Gasteiger partial charge in [-0.15, -0.1) is 0 Å². The number of fused-ring (bicyclic) bond motifs is 1. The predicted octanol–water partition coefficient (Wildman–Crippen LogP) is 0.511. The van der Waals surface area contributed by atoms with Crippen LogP contribution in [0.25, 0.3) is 0 Å². The minimum Gasteiger partial charge on any atom is -0.394 e. The van der Waals surface area contributed by atoms with Crippen LogP contribution in [0.1, 0.15) is 30.5 Å². The molecule has 1 aliphatic carbocycles. The second-order valence-electron chi connectivity index (χ2n) is 4.41. The van der Waals surface area contributed by atoms with Gasteiger partial charge in [0, 0.05) is 11.3 Å². The SMILES string of the molecule is OCC(CO)Nc1ncnc2c1CCCCC2. The summed E-state index contributed by atoms with van der Waals surface area (Å²) >= 11 is 0. The van der Waals surface area contributed by atoms with Gasteiger partial charge in [-0.05, 0) is 25.7 Å². The summed E-state index contributed by atoms with van der Waals surface area (Å²) in [5.74, 6) is 0.769. The Kier molecular flexibility index (Phi) is 4.28. The van der Waals surface area contributed by atoms with E-state index in [1.54, 1.807) is 6.33 Å². The molecule has 0 atom stereocenters. The number of aryl methyl sites for hydroxylation is 1. The van der Waals surface area contributed by atoms with Crippen LogP contribution in [0, 0.1) is 0 Å². The van der Waals surface area contributed by atoms with Gasteiger partial charge in [-0.25, -0.2) is 9.97 Å². The van der Waals surface area contributed by atoms with Crippen molar-refractivity contribution in [1.82, 2.24) is 9.97 Å². The number of hydrogen-bond donors (Lipinski definition) is 3. The molecule has 1 aromatic heterocycles.